The van der Waals surface area contributed by atoms with Crippen molar-refractivity contribution in [2.24, 2.45) is 0 Å². The number of ether oxygens (including phenoxy) is 4. The SMILES string of the molecule is CCOc1ccccc1NC(=O)COc1ccc(/C=C2\SC(=O)N(CCOc3cccc(C)c3)C2=O)cc1OC. The van der Waals surface area contributed by atoms with Crippen LogP contribution < -0.4 is 24.3 Å². The van der Waals surface area contributed by atoms with Gasteiger partial charge in [-0.1, -0.05) is 30.3 Å². The van der Waals surface area contributed by atoms with Crippen LogP contribution in [0.2, 0.25) is 0 Å². The summed E-state index contributed by atoms with van der Waals surface area (Å²) in [4.78, 5) is 39.3. The molecule has 208 valence electrons. The van der Waals surface area contributed by atoms with Crippen LogP contribution in [0.3, 0.4) is 0 Å². The van der Waals surface area contributed by atoms with E-state index in [4.69, 9.17) is 18.9 Å². The molecule has 3 aromatic rings. The lowest BCUT2D eigenvalue weighted by atomic mass is 10.2. The molecule has 1 heterocycles. The molecule has 1 N–H and O–H groups in total. The highest BCUT2D eigenvalue weighted by Crippen LogP contribution is 2.34. The monoisotopic (exact) mass is 562 g/mol. The minimum Gasteiger partial charge on any atom is -0.493 e. The number of carbonyl (C=O) groups excluding carboxylic acids is 3. The number of aryl methyl sites for hydroxylation is 1. The molecule has 1 aliphatic heterocycles. The Bertz CT molecular complexity index is 1420. The zero-order valence-electron chi connectivity index (χ0n) is 22.5. The van der Waals surface area contributed by atoms with Gasteiger partial charge < -0.3 is 24.3 Å². The number of hydrogen-bond donors (Lipinski definition) is 1. The highest BCUT2D eigenvalue weighted by atomic mass is 32.2. The first-order valence-electron chi connectivity index (χ1n) is 12.6. The van der Waals surface area contributed by atoms with Crippen LogP contribution in [-0.4, -0.2) is 55.4 Å². The second kappa shape index (κ2) is 13.6. The Morgan fingerprint density at radius 2 is 1.77 bits per heavy atom. The van der Waals surface area contributed by atoms with E-state index in [0.29, 0.717) is 45.8 Å². The Kier molecular flexibility index (Phi) is 9.69. The van der Waals surface area contributed by atoms with E-state index in [1.54, 1.807) is 42.5 Å². The van der Waals surface area contributed by atoms with Gasteiger partial charge in [0.25, 0.3) is 17.1 Å². The zero-order valence-corrected chi connectivity index (χ0v) is 23.3. The molecule has 0 unspecified atom stereocenters. The number of nitrogens with one attached hydrogen (secondary N) is 1. The number of thioether (sulfide) groups is 1. The van der Waals surface area contributed by atoms with Crippen LogP contribution in [0, 0.1) is 6.92 Å². The minimum absolute atomic E-state index is 0.142. The fraction of sp³-hybridized carbons (Fsp3) is 0.233. The van der Waals surface area contributed by atoms with Gasteiger partial charge >= 0.3 is 0 Å². The summed E-state index contributed by atoms with van der Waals surface area (Å²) < 4.78 is 22.3. The maximum atomic E-state index is 12.9. The molecule has 1 aliphatic rings. The Morgan fingerprint density at radius 1 is 0.950 bits per heavy atom. The Labute approximate surface area is 237 Å². The zero-order chi connectivity index (χ0) is 28.5. The van der Waals surface area contributed by atoms with Gasteiger partial charge in [-0.25, -0.2) is 0 Å². The standard InChI is InChI=1S/C30H30N2O7S/c1-4-37-24-11-6-5-10-23(24)31-28(33)19-39-25-13-12-21(17-26(25)36-3)18-27-29(34)32(30(35)40-27)14-15-38-22-9-7-8-20(2)16-22/h5-13,16-18H,4,14-15,19H2,1-3H3,(H,31,33)/b27-18-. The molecular weight excluding hydrogens is 532 g/mol. The van der Waals surface area contributed by atoms with Crippen LogP contribution in [0.25, 0.3) is 6.08 Å². The number of carbonyl (C=O) groups is 3. The first-order chi connectivity index (χ1) is 19.4. The van der Waals surface area contributed by atoms with Crippen LogP contribution in [0.15, 0.2) is 71.6 Å². The number of methoxy groups -OCH3 is 1. The predicted molar refractivity (Wildman–Crippen MR) is 154 cm³/mol. The molecule has 1 fully saturated rings. The molecule has 9 nitrogen and oxygen atoms in total. The largest absolute Gasteiger partial charge is 0.493 e. The first-order valence-corrected chi connectivity index (χ1v) is 13.5. The van der Waals surface area contributed by atoms with Gasteiger partial charge in [0.05, 0.1) is 30.9 Å². The van der Waals surface area contributed by atoms with Gasteiger partial charge in [-0.3, -0.25) is 19.3 Å². The summed E-state index contributed by atoms with van der Waals surface area (Å²) >= 11 is 0.870. The molecule has 0 aromatic heterocycles. The van der Waals surface area contributed by atoms with Crippen LogP contribution in [-0.2, 0) is 9.59 Å². The lowest BCUT2D eigenvalue weighted by Gasteiger charge is -2.14. The van der Waals surface area contributed by atoms with E-state index < -0.39 is 0 Å². The topological polar surface area (TPSA) is 103 Å². The van der Waals surface area contributed by atoms with Crippen LogP contribution in [0.1, 0.15) is 18.1 Å². The Morgan fingerprint density at radius 3 is 2.55 bits per heavy atom. The molecule has 4 rings (SSSR count). The second-order valence-electron chi connectivity index (χ2n) is 8.67. The highest BCUT2D eigenvalue weighted by Gasteiger charge is 2.34. The van der Waals surface area contributed by atoms with E-state index in [2.05, 4.69) is 5.32 Å². The quantitative estimate of drug-likeness (QED) is 0.287. The second-order valence-corrected chi connectivity index (χ2v) is 9.67. The summed E-state index contributed by atoms with van der Waals surface area (Å²) in [6, 6.07) is 19.7. The fourth-order valence-corrected chi connectivity index (χ4v) is 4.74. The van der Waals surface area contributed by atoms with E-state index in [1.165, 1.54) is 12.0 Å². The number of para-hydroxylation sites is 2. The minimum atomic E-state index is -0.383. The normalized spacial score (nSPS) is 13.9. The highest BCUT2D eigenvalue weighted by molar-refractivity contribution is 8.18. The van der Waals surface area contributed by atoms with Gasteiger partial charge in [0.2, 0.25) is 0 Å². The van der Waals surface area contributed by atoms with Crippen molar-refractivity contribution in [1.82, 2.24) is 4.90 Å². The summed E-state index contributed by atoms with van der Waals surface area (Å²) in [5.74, 6) is 1.24. The molecule has 0 spiro atoms. The van der Waals surface area contributed by atoms with Crippen molar-refractivity contribution >= 4 is 40.6 Å². The van der Waals surface area contributed by atoms with Crippen molar-refractivity contribution in [1.29, 1.82) is 0 Å². The lowest BCUT2D eigenvalue weighted by Crippen LogP contribution is -2.32. The maximum Gasteiger partial charge on any atom is 0.293 e. The van der Waals surface area contributed by atoms with Crippen molar-refractivity contribution in [3.05, 3.63) is 82.8 Å². The third-order valence-electron chi connectivity index (χ3n) is 5.75. The molecule has 0 saturated carbocycles. The van der Waals surface area contributed by atoms with Crippen LogP contribution in [0.4, 0.5) is 10.5 Å². The maximum absolute atomic E-state index is 12.9. The van der Waals surface area contributed by atoms with E-state index in [0.717, 1.165) is 17.3 Å². The number of hydrogen-bond acceptors (Lipinski definition) is 8. The molecule has 40 heavy (non-hydrogen) atoms. The lowest BCUT2D eigenvalue weighted by molar-refractivity contribution is -0.123. The molecule has 0 aliphatic carbocycles. The number of benzene rings is 3. The molecule has 3 aromatic carbocycles. The number of nitrogens with zero attached hydrogens (tertiary/aromatic N) is 1. The van der Waals surface area contributed by atoms with Gasteiger partial charge in [-0.15, -0.1) is 0 Å². The van der Waals surface area contributed by atoms with Gasteiger partial charge in [0.15, 0.2) is 18.1 Å². The smallest absolute Gasteiger partial charge is 0.293 e. The van der Waals surface area contributed by atoms with Crippen molar-refractivity contribution in [2.45, 2.75) is 13.8 Å². The molecule has 10 heteroatoms. The third kappa shape index (κ3) is 7.35. The van der Waals surface area contributed by atoms with Crippen molar-refractivity contribution in [2.75, 3.05) is 38.8 Å². The van der Waals surface area contributed by atoms with E-state index >= 15 is 0 Å². The number of rotatable bonds is 12. The third-order valence-corrected chi connectivity index (χ3v) is 6.66. The van der Waals surface area contributed by atoms with Gasteiger partial charge in [-0.2, -0.15) is 0 Å². The number of anilines is 1. The number of amides is 3. The molecule has 0 radical (unpaired) electrons. The fourth-order valence-electron chi connectivity index (χ4n) is 3.88. The van der Waals surface area contributed by atoms with Crippen molar-refractivity contribution in [3.63, 3.8) is 0 Å². The average molecular weight is 563 g/mol. The summed E-state index contributed by atoms with van der Waals surface area (Å²) in [5, 5.41) is 2.42. The molecule has 0 atom stereocenters. The van der Waals surface area contributed by atoms with Gasteiger partial charge in [-0.05, 0) is 79.2 Å². The van der Waals surface area contributed by atoms with Crippen LogP contribution in [0.5, 0.6) is 23.0 Å². The summed E-state index contributed by atoms with van der Waals surface area (Å²) in [6.07, 6.45) is 1.62. The van der Waals surface area contributed by atoms with E-state index in [9.17, 15) is 14.4 Å². The molecular formula is C30H30N2O7S. The van der Waals surface area contributed by atoms with Gasteiger partial charge in [0.1, 0.15) is 18.1 Å². The molecule has 3 amide bonds. The van der Waals surface area contributed by atoms with E-state index in [1.807, 2.05) is 44.2 Å². The van der Waals surface area contributed by atoms with Crippen molar-refractivity contribution < 1.29 is 33.3 Å². The van der Waals surface area contributed by atoms with Gasteiger partial charge in [0, 0.05) is 0 Å². The summed E-state index contributed by atoms with van der Waals surface area (Å²) in [6.45, 7) is 4.39. The van der Waals surface area contributed by atoms with Crippen LogP contribution >= 0.6 is 11.8 Å². The Balaban J connectivity index is 1.35. The van der Waals surface area contributed by atoms with Crippen molar-refractivity contribution in [3.8, 4) is 23.0 Å². The average Bonchev–Trinajstić information content (AvgIpc) is 3.20. The summed E-state index contributed by atoms with van der Waals surface area (Å²) in [5.41, 5.74) is 2.25. The predicted octanol–water partition coefficient (Wildman–Crippen LogP) is 5.54. The number of imide groups is 1. The Hall–Kier alpha value is -4.44. The first kappa shape index (κ1) is 28.6. The van der Waals surface area contributed by atoms with E-state index in [-0.39, 0.29) is 36.8 Å². The molecule has 0 bridgehead atoms. The summed E-state index contributed by atoms with van der Waals surface area (Å²) in [7, 11) is 1.48. The molecule has 1 saturated heterocycles.